The Bertz CT molecular complexity index is 1060. The van der Waals surface area contributed by atoms with Gasteiger partial charge in [-0.05, 0) is 64.7 Å². The van der Waals surface area contributed by atoms with Crippen molar-refractivity contribution in [1.82, 2.24) is 5.43 Å². The fourth-order valence-corrected chi connectivity index (χ4v) is 3.16. The van der Waals surface area contributed by atoms with Crippen LogP contribution in [0.1, 0.15) is 37.5 Å². The number of hydrogen-bond donors (Lipinski definition) is 2. The third kappa shape index (κ3) is 6.82. The summed E-state index contributed by atoms with van der Waals surface area (Å²) in [6.07, 6.45) is 1.68. The van der Waals surface area contributed by atoms with Crippen LogP contribution in [-0.4, -0.2) is 18.4 Å². The third-order valence-electron chi connectivity index (χ3n) is 4.81. The number of anilines is 1. The first kappa shape index (κ1) is 23.3. The summed E-state index contributed by atoms with van der Waals surface area (Å²) in [5, 5.41) is 7.67. The number of nitrogens with zero attached hydrogens (tertiary/aromatic N) is 1. The molecular formula is C26H29N3O2S. The van der Waals surface area contributed by atoms with Crippen molar-refractivity contribution in [2.45, 2.75) is 32.8 Å². The predicted octanol–water partition coefficient (Wildman–Crippen LogP) is 5.89. The molecule has 0 radical (unpaired) electrons. The Kier molecular flexibility index (Phi) is 7.84. The van der Waals surface area contributed by atoms with Gasteiger partial charge in [0.1, 0.15) is 6.61 Å². The fourth-order valence-electron chi connectivity index (χ4n) is 2.99. The van der Waals surface area contributed by atoms with E-state index in [2.05, 4.69) is 60.9 Å². The van der Waals surface area contributed by atoms with Gasteiger partial charge in [-0.2, -0.15) is 5.10 Å². The predicted molar refractivity (Wildman–Crippen MR) is 136 cm³/mol. The number of ether oxygens (including phenoxy) is 2. The number of methoxy groups -OCH3 is 1. The van der Waals surface area contributed by atoms with E-state index in [0.717, 1.165) is 16.8 Å². The molecular weight excluding hydrogens is 418 g/mol. The quantitative estimate of drug-likeness (QED) is 0.269. The molecule has 0 saturated carbocycles. The minimum Gasteiger partial charge on any atom is -0.493 e. The minimum absolute atomic E-state index is 0.135. The zero-order valence-corrected chi connectivity index (χ0v) is 19.7. The molecule has 0 saturated heterocycles. The van der Waals surface area contributed by atoms with Crippen LogP contribution < -0.4 is 20.2 Å². The summed E-state index contributed by atoms with van der Waals surface area (Å²) >= 11 is 5.25. The summed E-state index contributed by atoms with van der Waals surface area (Å²) in [7, 11) is 1.62. The van der Waals surface area contributed by atoms with E-state index in [4.69, 9.17) is 21.7 Å². The van der Waals surface area contributed by atoms with Gasteiger partial charge in [0.05, 0.1) is 13.3 Å². The molecule has 0 aromatic heterocycles. The lowest BCUT2D eigenvalue weighted by atomic mass is 9.87. The number of para-hydroxylation sites is 1. The van der Waals surface area contributed by atoms with Crippen LogP contribution in [0.4, 0.5) is 5.69 Å². The molecule has 32 heavy (non-hydrogen) atoms. The van der Waals surface area contributed by atoms with Crippen molar-refractivity contribution in [3.05, 3.63) is 89.5 Å². The summed E-state index contributed by atoms with van der Waals surface area (Å²) in [5.41, 5.74) is 7.11. The maximum absolute atomic E-state index is 5.99. The molecule has 3 aromatic rings. The van der Waals surface area contributed by atoms with E-state index in [-0.39, 0.29) is 5.41 Å². The highest BCUT2D eigenvalue weighted by Gasteiger charge is 2.13. The second-order valence-electron chi connectivity index (χ2n) is 8.34. The molecule has 0 aliphatic rings. The van der Waals surface area contributed by atoms with E-state index in [0.29, 0.717) is 23.2 Å². The van der Waals surface area contributed by atoms with Crippen LogP contribution in [-0.2, 0) is 12.0 Å². The molecule has 0 bridgehead atoms. The van der Waals surface area contributed by atoms with Crippen molar-refractivity contribution in [2.75, 3.05) is 12.4 Å². The fraction of sp³-hybridized carbons (Fsp3) is 0.231. The zero-order valence-electron chi connectivity index (χ0n) is 18.9. The van der Waals surface area contributed by atoms with Gasteiger partial charge >= 0.3 is 0 Å². The maximum atomic E-state index is 5.99. The van der Waals surface area contributed by atoms with Crippen LogP contribution in [0.15, 0.2) is 77.9 Å². The van der Waals surface area contributed by atoms with Crippen LogP contribution in [0.25, 0.3) is 0 Å². The van der Waals surface area contributed by atoms with Gasteiger partial charge in [-0.25, -0.2) is 0 Å². The molecule has 0 unspecified atom stereocenters. The number of nitrogens with one attached hydrogen (secondary N) is 2. The Balaban J connectivity index is 1.57. The van der Waals surface area contributed by atoms with Gasteiger partial charge in [0, 0.05) is 5.69 Å². The number of hydrazone groups is 1. The lowest BCUT2D eigenvalue weighted by Crippen LogP contribution is -2.23. The Hall–Kier alpha value is -3.38. The van der Waals surface area contributed by atoms with Gasteiger partial charge in [-0.1, -0.05) is 63.2 Å². The van der Waals surface area contributed by atoms with Crippen molar-refractivity contribution in [3.63, 3.8) is 0 Å². The molecule has 0 atom stereocenters. The topological polar surface area (TPSA) is 54.9 Å². The largest absolute Gasteiger partial charge is 0.493 e. The summed E-state index contributed by atoms with van der Waals surface area (Å²) in [4.78, 5) is 0. The van der Waals surface area contributed by atoms with Gasteiger partial charge in [0.2, 0.25) is 0 Å². The standard InChI is InChI=1S/C26H29N3O2S/c1-26(2,3)21-13-10-19(11-14-21)18-31-23-15-12-20(16-24(23)30-4)17-27-29-25(32)28-22-8-6-5-7-9-22/h5-17H,18H2,1-4H3,(H2,28,29,32)/b27-17+. The SMILES string of the molecule is COc1cc(/C=N/NC(=S)Nc2ccccc2)ccc1OCc1ccc(C(C)(C)C)cc1. The monoisotopic (exact) mass is 447 g/mol. The second-order valence-corrected chi connectivity index (χ2v) is 8.74. The second kappa shape index (κ2) is 10.8. The van der Waals surface area contributed by atoms with Crippen molar-refractivity contribution in [3.8, 4) is 11.5 Å². The molecule has 3 rings (SSSR count). The van der Waals surface area contributed by atoms with Gasteiger partial charge < -0.3 is 14.8 Å². The first-order valence-corrected chi connectivity index (χ1v) is 10.8. The molecule has 0 heterocycles. The van der Waals surface area contributed by atoms with Crippen LogP contribution in [0, 0.1) is 0 Å². The molecule has 0 aliphatic carbocycles. The highest BCUT2D eigenvalue weighted by molar-refractivity contribution is 7.80. The number of rotatable bonds is 7. The molecule has 0 amide bonds. The van der Waals surface area contributed by atoms with E-state index in [9.17, 15) is 0 Å². The summed E-state index contributed by atoms with van der Waals surface area (Å²) in [5.74, 6) is 1.32. The lowest BCUT2D eigenvalue weighted by Gasteiger charge is -2.19. The Labute approximate surface area is 195 Å². The van der Waals surface area contributed by atoms with Crippen LogP contribution in [0.2, 0.25) is 0 Å². The average molecular weight is 448 g/mol. The normalized spacial score (nSPS) is 11.2. The lowest BCUT2D eigenvalue weighted by molar-refractivity contribution is 0.284. The molecule has 6 heteroatoms. The first-order valence-electron chi connectivity index (χ1n) is 10.4. The molecule has 166 valence electrons. The summed E-state index contributed by atoms with van der Waals surface area (Å²) in [6.45, 7) is 7.08. The van der Waals surface area contributed by atoms with E-state index in [1.165, 1.54) is 5.56 Å². The van der Waals surface area contributed by atoms with Gasteiger partial charge in [0.25, 0.3) is 0 Å². The maximum Gasteiger partial charge on any atom is 0.191 e. The molecule has 2 N–H and O–H groups in total. The third-order valence-corrected chi connectivity index (χ3v) is 5.01. The molecule has 5 nitrogen and oxygen atoms in total. The number of benzene rings is 3. The van der Waals surface area contributed by atoms with Crippen molar-refractivity contribution < 1.29 is 9.47 Å². The van der Waals surface area contributed by atoms with Crippen molar-refractivity contribution in [1.29, 1.82) is 0 Å². The zero-order chi connectivity index (χ0) is 23.0. The Morgan fingerprint density at radius 3 is 2.34 bits per heavy atom. The molecule has 0 aliphatic heterocycles. The first-order chi connectivity index (χ1) is 15.3. The highest BCUT2D eigenvalue weighted by atomic mass is 32.1. The van der Waals surface area contributed by atoms with E-state index >= 15 is 0 Å². The number of thiocarbonyl (C=S) groups is 1. The van der Waals surface area contributed by atoms with Crippen LogP contribution in [0.3, 0.4) is 0 Å². The number of hydrogen-bond acceptors (Lipinski definition) is 4. The Morgan fingerprint density at radius 1 is 0.969 bits per heavy atom. The molecule has 0 fully saturated rings. The van der Waals surface area contributed by atoms with Crippen LogP contribution in [0.5, 0.6) is 11.5 Å². The molecule has 3 aromatic carbocycles. The summed E-state index contributed by atoms with van der Waals surface area (Å²) < 4.78 is 11.5. The molecule has 0 spiro atoms. The summed E-state index contributed by atoms with van der Waals surface area (Å²) in [6, 6.07) is 23.9. The minimum atomic E-state index is 0.135. The van der Waals surface area contributed by atoms with Gasteiger partial charge in [0.15, 0.2) is 16.6 Å². The smallest absolute Gasteiger partial charge is 0.191 e. The average Bonchev–Trinajstić information content (AvgIpc) is 2.78. The van der Waals surface area contributed by atoms with Gasteiger partial charge in [-0.15, -0.1) is 0 Å². The van der Waals surface area contributed by atoms with E-state index < -0.39 is 0 Å². The van der Waals surface area contributed by atoms with Crippen molar-refractivity contribution in [2.24, 2.45) is 5.10 Å². The van der Waals surface area contributed by atoms with Gasteiger partial charge in [-0.3, -0.25) is 5.43 Å². The van der Waals surface area contributed by atoms with Crippen molar-refractivity contribution >= 4 is 29.2 Å². The van der Waals surface area contributed by atoms with E-state index in [1.807, 2.05) is 48.5 Å². The Morgan fingerprint density at radius 2 is 1.69 bits per heavy atom. The highest BCUT2D eigenvalue weighted by Crippen LogP contribution is 2.29. The van der Waals surface area contributed by atoms with E-state index in [1.54, 1.807) is 13.3 Å². The van der Waals surface area contributed by atoms with Crippen LogP contribution >= 0.6 is 12.2 Å².